The van der Waals surface area contributed by atoms with E-state index in [0.717, 1.165) is 16.2 Å². The lowest BCUT2D eigenvalue weighted by atomic mass is 10.1. The molecule has 0 unspecified atom stereocenters. The van der Waals surface area contributed by atoms with Crippen molar-refractivity contribution in [1.29, 1.82) is 0 Å². The van der Waals surface area contributed by atoms with Crippen molar-refractivity contribution in [3.8, 4) is 11.5 Å². The molecule has 0 saturated heterocycles. The summed E-state index contributed by atoms with van der Waals surface area (Å²) >= 11 is 1.49. The highest BCUT2D eigenvalue weighted by atomic mass is 32.2. The Morgan fingerprint density at radius 3 is 2.85 bits per heavy atom. The van der Waals surface area contributed by atoms with Crippen molar-refractivity contribution in [1.82, 2.24) is 9.97 Å². The summed E-state index contributed by atoms with van der Waals surface area (Å²) in [4.78, 5) is 20.9. The summed E-state index contributed by atoms with van der Waals surface area (Å²) in [6.45, 7) is 1.87. The second-order valence-corrected chi connectivity index (χ2v) is 5.13. The summed E-state index contributed by atoms with van der Waals surface area (Å²) in [5, 5.41) is 1.32. The molecule has 5 heteroatoms. The first-order valence-corrected chi connectivity index (χ1v) is 7.33. The molecule has 0 atom stereocenters. The van der Waals surface area contributed by atoms with E-state index >= 15 is 0 Å². The maximum absolute atomic E-state index is 12.2. The number of benzene rings is 1. The van der Waals surface area contributed by atoms with Crippen LogP contribution in [0.15, 0.2) is 50.8 Å². The number of thioether (sulfide) groups is 1. The second-order valence-electron chi connectivity index (χ2n) is 4.34. The normalized spacial score (nSPS) is 10.9. The molecule has 2 heterocycles. The molecule has 1 aromatic carbocycles. The summed E-state index contributed by atoms with van der Waals surface area (Å²) in [7, 11) is 0. The molecular formula is C15H12N2O2S. The Kier molecular flexibility index (Phi) is 3.28. The lowest BCUT2D eigenvalue weighted by Gasteiger charge is -2.05. The summed E-state index contributed by atoms with van der Waals surface area (Å²) in [6, 6.07) is 9.23. The Morgan fingerprint density at radius 2 is 2.05 bits per heavy atom. The Balaban J connectivity index is 2.31. The van der Waals surface area contributed by atoms with Gasteiger partial charge in [0.2, 0.25) is 5.89 Å². The van der Waals surface area contributed by atoms with E-state index in [1.165, 1.54) is 11.8 Å². The number of rotatable bonds is 2. The lowest BCUT2D eigenvalue weighted by Crippen LogP contribution is -2.05. The molecule has 0 spiro atoms. The molecule has 3 rings (SSSR count). The van der Waals surface area contributed by atoms with E-state index < -0.39 is 0 Å². The van der Waals surface area contributed by atoms with Crippen LogP contribution < -0.4 is 5.63 Å². The van der Waals surface area contributed by atoms with Gasteiger partial charge in [-0.25, -0.2) is 14.8 Å². The number of nitrogens with zero attached hydrogens (tertiary/aromatic N) is 2. The quantitative estimate of drug-likeness (QED) is 0.676. The maximum Gasteiger partial charge on any atom is 0.347 e. The SMILES string of the molecule is CSc1ncccc1-c1nc2cccc(C)c2c(=O)o1. The number of hydrogen-bond acceptors (Lipinski definition) is 5. The van der Waals surface area contributed by atoms with Crippen LogP contribution >= 0.6 is 11.8 Å². The number of aromatic nitrogens is 2. The van der Waals surface area contributed by atoms with Crippen molar-refractivity contribution in [3.63, 3.8) is 0 Å². The van der Waals surface area contributed by atoms with Crippen LogP contribution in [0.2, 0.25) is 0 Å². The molecule has 0 radical (unpaired) electrons. The second kappa shape index (κ2) is 5.09. The zero-order valence-electron chi connectivity index (χ0n) is 11.1. The van der Waals surface area contributed by atoms with E-state index in [1.807, 2.05) is 37.4 Å². The molecule has 100 valence electrons. The first-order chi connectivity index (χ1) is 9.70. The van der Waals surface area contributed by atoms with Crippen LogP contribution in [-0.2, 0) is 0 Å². The molecule has 2 aromatic heterocycles. The largest absolute Gasteiger partial charge is 0.403 e. The highest BCUT2D eigenvalue weighted by molar-refractivity contribution is 7.98. The van der Waals surface area contributed by atoms with Gasteiger partial charge in [0.05, 0.1) is 16.5 Å². The molecule has 0 aliphatic heterocycles. The van der Waals surface area contributed by atoms with E-state index in [9.17, 15) is 4.79 Å². The first-order valence-electron chi connectivity index (χ1n) is 6.10. The molecule has 0 fully saturated rings. The highest BCUT2D eigenvalue weighted by Crippen LogP contribution is 2.27. The molecule has 0 bridgehead atoms. The zero-order valence-corrected chi connectivity index (χ0v) is 11.9. The highest BCUT2D eigenvalue weighted by Gasteiger charge is 2.13. The molecule has 3 aromatic rings. The van der Waals surface area contributed by atoms with E-state index in [2.05, 4.69) is 9.97 Å². The van der Waals surface area contributed by atoms with Gasteiger partial charge < -0.3 is 4.42 Å². The fourth-order valence-corrected chi connectivity index (χ4v) is 2.66. The smallest absolute Gasteiger partial charge is 0.347 e. The zero-order chi connectivity index (χ0) is 14.1. The summed E-state index contributed by atoms with van der Waals surface area (Å²) < 4.78 is 5.38. The standard InChI is InChI=1S/C15H12N2O2S/c1-9-5-3-7-11-12(9)15(18)19-13(17-11)10-6-4-8-16-14(10)20-2/h3-8H,1-2H3. The van der Waals surface area contributed by atoms with Gasteiger partial charge in [0, 0.05) is 6.20 Å². The van der Waals surface area contributed by atoms with E-state index in [1.54, 1.807) is 12.3 Å². The van der Waals surface area contributed by atoms with Crippen molar-refractivity contribution >= 4 is 22.7 Å². The third kappa shape index (κ3) is 2.10. The van der Waals surface area contributed by atoms with Crippen molar-refractivity contribution in [2.45, 2.75) is 11.9 Å². The fourth-order valence-electron chi connectivity index (χ4n) is 2.11. The Bertz CT molecular complexity index is 843. The number of aryl methyl sites for hydroxylation is 1. The molecule has 4 nitrogen and oxygen atoms in total. The molecule has 0 saturated carbocycles. The van der Waals surface area contributed by atoms with Gasteiger partial charge in [-0.1, -0.05) is 12.1 Å². The van der Waals surface area contributed by atoms with Gasteiger partial charge in [0.1, 0.15) is 5.03 Å². The Morgan fingerprint density at radius 1 is 1.20 bits per heavy atom. The lowest BCUT2D eigenvalue weighted by molar-refractivity contribution is 0.516. The average molecular weight is 284 g/mol. The van der Waals surface area contributed by atoms with Gasteiger partial charge in [-0.15, -0.1) is 11.8 Å². The summed E-state index contributed by atoms with van der Waals surface area (Å²) in [5.74, 6) is 0.311. The van der Waals surface area contributed by atoms with Gasteiger partial charge in [-0.2, -0.15) is 0 Å². The number of fused-ring (bicyclic) bond motifs is 1. The van der Waals surface area contributed by atoms with Crippen LogP contribution in [0.5, 0.6) is 0 Å². The van der Waals surface area contributed by atoms with Crippen LogP contribution in [0.3, 0.4) is 0 Å². The van der Waals surface area contributed by atoms with E-state index in [-0.39, 0.29) is 5.63 Å². The minimum atomic E-state index is -0.362. The molecule has 0 aliphatic rings. The molecule has 0 aliphatic carbocycles. The van der Waals surface area contributed by atoms with Crippen molar-refractivity contribution in [2.75, 3.05) is 6.26 Å². The van der Waals surface area contributed by atoms with Gasteiger partial charge in [0.15, 0.2) is 0 Å². The first kappa shape index (κ1) is 12.9. The van der Waals surface area contributed by atoms with Crippen LogP contribution in [0.4, 0.5) is 0 Å². The average Bonchev–Trinajstić information content (AvgIpc) is 2.47. The van der Waals surface area contributed by atoms with Crippen LogP contribution in [0.25, 0.3) is 22.4 Å². The molecule has 0 amide bonds. The summed E-state index contributed by atoms with van der Waals surface area (Å²) in [6.07, 6.45) is 3.63. The van der Waals surface area contributed by atoms with Crippen molar-refractivity contribution in [3.05, 3.63) is 52.5 Å². The van der Waals surface area contributed by atoms with E-state index in [0.29, 0.717) is 16.8 Å². The topological polar surface area (TPSA) is 56.0 Å². The summed E-state index contributed by atoms with van der Waals surface area (Å²) in [5.41, 5.74) is 1.89. The van der Waals surface area contributed by atoms with Gasteiger partial charge in [-0.3, -0.25) is 0 Å². The van der Waals surface area contributed by atoms with Crippen molar-refractivity contribution in [2.24, 2.45) is 0 Å². The van der Waals surface area contributed by atoms with Gasteiger partial charge in [-0.05, 0) is 36.9 Å². The van der Waals surface area contributed by atoms with Crippen molar-refractivity contribution < 1.29 is 4.42 Å². The third-order valence-electron chi connectivity index (χ3n) is 3.06. The van der Waals surface area contributed by atoms with E-state index in [4.69, 9.17) is 4.42 Å². The van der Waals surface area contributed by atoms with Crippen LogP contribution in [0.1, 0.15) is 5.56 Å². The predicted octanol–water partition coefficient (Wildman–Crippen LogP) is 3.28. The van der Waals surface area contributed by atoms with Crippen LogP contribution in [0, 0.1) is 6.92 Å². The molecule has 20 heavy (non-hydrogen) atoms. The predicted molar refractivity (Wildman–Crippen MR) is 80.0 cm³/mol. The minimum Gasteiger partial charge on any atom is -0.403 e. The van der Waals surface area contributed by atoms with Gasteiger partial charge >= 0.3 is 5.63 Å². The number of hydrogen-bond donors (Lipinski definition) is 0. The number of pyridine rings is 1. The monoisotopic (exact) mass is 284 g/mol. The van der Waals surface area contributed by atoms with Crippen LogP contribution in [-0.4, -0.2) is 16.2 Å². The maximum atomic E-state index is 12.2. The third-order valence-corrected chi connectivity index (χ3v) is 3.77. The Hall–Kier alpha value is -2.14. The molecule has 0 N–H and O–H groups in total. The minimum absolute atomic E-state index is 0.311. The Labute approximate surface area is 119 Å². The van der Waals surface area contributed by atoms with Gasteiger partial charge in [0.25, 0.3) is 0 Å². The fraction of sp³-hybridized carbons (Fsp3) is 0.133. The molecular weight excluding hydrogens is 272 g/mol.